The van der Waals surface area contributed by atoms with Crippen molar-refractivity contribution >= 4 is 32.0 Å². The number of fused-ring (bicyclic) bond motifs is 1. The van der Waals surface area contributed by atoms with Crippen LogP contribution >= 0.6 is 0 Å². The maximum absolute atomic E-state index is 11.4. The molecule has 100 valence electrons. The summed E-state index contributed by atoms with van der Waals surface area (Å²) in [6.07, 6.45) is 3.41. The van der Waals surface area contributed by atoms with Crippen LogP contribution in [0.3, 0.4) is 0 Å². The third-order valence-corrected chi connectivity index (χ3v) is 5.09. The van der Waals surface area contributed by atoms with E-state index in [1.165, 1.54) is 0 Å². The number of nitrogens with zero attached hydrogens (tertiary/aromatic N) is 2. The number of hydrogen-bond acceptors (Lipinski definition) is 5. The zero-order chi connectivity index (χ0) is 13.5. The fourth-order valence-electron chi connectivity index (χ4n) is 2.34. The van der Waals surface area contributed by atoms with Gasteiger partial charge in [-0.05, 0) is 12.1 Å². The van der Waals surface area contributed by atoms with Crippen molar-refractivity contribution in [1.29, 1.82) is 0 Å². The highest BCUT2D eigenvalue weighted by molar-refractivity contribution is 7.91. The van der Waals surface area contributed by atoms with Crippen molar-refractivity contribution in [2.45, 2.75) is 0 Å². The Balaban J connectivity index is 1.96. The Morgan fingerprint density at radius 1 is 1.16 bits per heavy atom. The van der Waals surface area contributed by atoms with Crippen molar-refractivity contribution in [3.8, 4) is 0 Å². The van der Waals surface area contributed by atoms with Crippen LogP contribution in [0.15, 0.2) is 30.6 Å². The predicted molar refractivity (Wildman–Crippen MR) is 77.0 cm³/mol. The van der Waals surface area contributed by atoms with Crippen molar-refractivity contribution in [3.63, 3.8) is 0 Å². The van der Waals surface area contributed by atoms with Gasteiger partial charge in [0.05, 0.1) is 23.4 Å². The van der Waals surface area contributed by atoms with Crippen molar-refractivity contribution in [1.82, 2.24) is 4.98 Å². The zero-order valence-corrected chi connectivity index (χ0v) is 11.2. The van der Waals surface area contributed by atoms with Gasteiger partial charge in [-0.2, -0.15) is 0 Å². The number of anilines is 2. The molecule has 0 atom stereocenters. The second-order valence-corrected chi connectivity index (χ2v) is 7.08. The fraction of sp³-hybridized carbons (Fsp3) is 0.308. The van der Waals surface area contributed by atoms with Crippen LogP contribution in [0.25, 0.3) is 10.8 Å². The molecule has 6 heteroatoms. The molecular weight excluding hydrogens is 262 g/mol. The Hall–Kier alpha value is -1.82. The Labute approximate surface area is 112 Å². The van der Waals surface area contributed by atoms with Crippen LogP contribution < -0.4 is 10.6 Å². The van der Waals surface area contributed by atoms with Crippen molar-refractivity contribution in [2.24, 2.45) is 0 Å². The first-order valence-corrected chi connectivity index (χ1v) is 7.96. The molecule has 1 aliphatic heterocycles. The molecule has 1 aromatic heterocycles. The molecule has 0 amide bonds. The largest absolute Gasteiger partial charge is 0.397 e. The van der Waals surface area contributed by atoms with E-state index in [4.69, 9.17) is 5.73 Å². The first-order chi connectivity index (χ1) is 9.05. The molecule has 0 bridgehead atoms. The van der Waals surface area contributed by atoms with Gasteiger partial charge in [0.15, 0.2) is 9.84 Å². The van der Waals surface area contributed by atoms with Crippen LogP contribution in [0.4, 0.5) is 11.4 Å². The number of nitrogen functional groups attached to an aromatic ring is 1. The summed E-state index contributed by atoms with van der Waals surface area (Å²) in [4.78, 5) is 6.14. The van der Waals surface area contributed by atoms with Crippen molar-refractivity contribution in [2.75, 3.05) is 35.2 Å². The molecule has 2 heterocycles. The summed E-state index contributed by atoms with van der Waals surface area (Å²) in [6, 6.07) is 5.96. The molecular formula is C13H15N3O2S. The third kappa shape index (κ3) is 2.35. The van der Waals surface area contributed by atoms with Crippen LogP contribution in [0.1, 0.15) is 0 Å². The molecule has 2 aromatic rings. The highest BCUT2D eigenvalue weighted by Gasteiger charge is 2.21. The van der Waals surface area contributed by atoms with Crippen molar-refractivity contribution < 1.29 is 8.42 Å². The number of benzene rings is 1. The summed E-state index contributed by atoms with van der Waals surface area (Å²) >= 11 is 0. The monoisotopic (exact) mass is 277 g/mol. The van der Waals surface area contributed by atoms with Crippen LogP contribution in [-0.4, -0.2) is 38.0 Å². The maximum atomic E-state index is 11.4. The van der Waals surface area contributed by atoms with Crippen LogP contribution in [0.2, 0.25) is 0 Å². The van der Waals surface area contributed by atoms with E-state index in [2.05, 4.69) is 9.88 Å². The summed E-state index contributed by atoms with van der Waals surface area (Å²) in [5.74, 6) is 0.438. The Morgan fingerprint density at radius 2 is 1.89 bits per heavy atom. The van der Waals surface area contributed by atoms with Gasteiger partial charge in [-0.15, -0.1) is 0 Å². The van der Waals surface area contributed by atoms with Gasteiger partial charge >= 0.3 is 0 Å². The van der Waals surface area contributed by atoms with Gasteiger partial charge in [0.25, 0.3) is 0 Å². The minimum Gasteiger partial charge on any atom is -0.397 e. The average Bonchev–Trinajstić information content (AvgIpc) is 2.39. The molecule has 2 N–H and O–H groups in total. The van der Waals surface area contributed by atoms with E-state index in [-0.39, 0.29) is 11.5 Å². The molecule has 3 rings (SSSR count). The Morgan fingerprint density at radius 3 is 2.63 bits per heavy atom. The van der Waals surface area contributed by atoms with E-state index >= 15 is 0 Å². The SMILES string of the molecule is Nc1cncc2ccc(N3CCS(=O)(=O)CC3)cc12. The second kappa shape index (κ2) is 4.38. The number of hydrogen-bond donors (Lipinski definition) is 1. The number of aromatic nitrogens is 1. The molecule has 0 aliphatic carbocycles. The molecule has 5 nitrogen and oxygen atoms in total. The highest BCUT2D eigenvalue weighted by atomic mass is 32.2. The predicted octanol–water partition coefficient (Wildman–Crippen LogP) is 1.05. The van der Waals surface area contributed by atoms with E-state index in [0.29, 0.717) is 18.8 Å². The number of rotatable bonds is 1. The normalized spacial score (nSPS) is 18.6. The second-order valence-electron chi connectivity index (χ2n) is 4.77. The summed E-state index contributed by atoms with van der Waals surface area (Å²) in [5, 5.41) is 1.95. The number of sulfone groups is 1. The summed E-state index contributed by atoms with van der Waals surface area (Å²) in [6.45, 7) is 1.08. The molecule has 1 aliphatic rings. The molecule has 1 saturated heterocycles. The standard InChI is InChI=1S/C13H15N3O2S/c14-13-9-15-8-10-1-2-11(7-12(10)13)16-3-5-19(17,18)6-4-16/h1-2,7-9H,3-6,14H2. The molecule has 19 heavy (non-hydrogen) atoms. The van der Waals surface area contributed by atoms with E-state index in [0.717, 1.165) is 16.5 Å². The number of nitrogens with two attached hydrogens (primary N) is 1. The van der Waals surface area contributed by atoms with Gasteiger partial charge in [-0.1, -0.05) is 6.07 Å². The third-order valence-electron chi connectivity index (χ3n) is 3.48. The summed E-state index contributed by atoms with van der Waals surface area (Å²) < 4.78 is 22.9. The van der Waals surface area contributed by atoms with E-state index in [1.807, 2.05) is 18.2 Å². The minimum absolute atomic E-state index is 0.219. The lowest BCUT2D eigenvalue weighted by Crippen LogP contribution is -2.40. The van der Waals surface area contributed by atoms with Gasteiger partial charge in [0, 0.05) is 35.7 Å². The lowest BCUT2D eigenvalue weighted by molar-refractivity contribution is 0.587. The van der Waals surface area contributed by atoms with E-state index in [9.17, 15) is 8.42 Å². The molecule has 1 aromatic carbocycles. The van der Waals surface area contributed by atoms with Gasteiger partial charge in [-0.3, -0.25) is 4.98 Å². The average molecular weight is 277 g/mol. The highest BCUT2D eigenvalue weighted by Crippen LogP contribution is 2.26. The molecule has 0 saturated carbocycles. The van der Waals surface area contributed by atoms with Gasteiger partial charge in [0.2, 0.25) is 0 Å². The van der Waals surface area contributed by atoms with Crippen LogP contribution in [-0.2, 0) is 9.84 Å². The quantitative estimate of drug-likeness (QED) is 0.843. The molecule has 0 spiro atoms. The smallest absolute Gasteiger partial charge is 0.153 e. The van der Waals surface area contributed by atoms with E-state index in [1.54, 1.807) is 12.4 Å². The lowest BCUT2D eigenvalue weighted by Gasteiger charge is -2.29. The summed E-state index contributed by atoms with van der Waals surface area (Å²) in [5.41, 5.74) is 7.58. The molecule has 0 unspecified atom stereocenters. The first-order valence-electron chi connectivity index (χ1n) is 6.14. The van der Waals surface area contributed by atoms with Crippen LogP contribution in [0.5, 0.6) is 0 Å². The molecule has 0 radical (unpaired) electrons. The maximum Gasteiger partial charge on any atom is 0.153 e. The van der Waals surface area contributed by atoms with Crippen LogP contribution in [0, 0.1) is 0 Å². The van der Waals surface area contributed by atoms with Gasteiger partial charge in [0.1, 0.15) is 0 Å². The first kappa shape index (κ1) is 12.2. The Kier molecular flexibility index (Phi) is 2.82. The zero-order valence-electron chi connectivity index (χ0n) is 10.4. The number of pyridine rings is 1. The Bertz CT molecular complexity index is 714. The fourth-order valence-corrected chi connectivity index (χ4v) is 3.54. The minimum atomic E-state index is -2.85. The topological polar surface area (TPSA) is 76.3 Å². The summed E-state index contributed by atoms with van der Waals surface area (Å²) in [7, 11) is -2.85. The van der Waals surface area contributed by atoms with Crippen molar-refractivity contribution in [3.05, 3.63) is 30.6 Å². The lowest BCUT2D eigenvalue weighted by atomic mass is 10.1. The van der Waals surface area contributed by atoms with Gasteiger partial charge < -0.3 is 10.6 Å². The molecule has 1 fully saturated rings. The van der Waals surface area contributed by atoms with E-state index < -0.39 is 9.84 Å². The van der Waals surface area contributed by atoms with Gasteiger partial charge in [-0.25, -0.2) is 8.42 Å².